The van der Waals surface area contributed by atoms with Gasteiger partial charge < -0.3 is 0 Å². The van der Waals surface area contributed by atoms with Crippen LogP contribution in [0.2, 0.25) is 5.32 Å². The van der Waals surface area contributed by atoms with Crippen LogP contribution in [0.5, 0.6) is 17.2 Å². The maximum atomic E-state index is 12.4. The molecule has 0 aliphatic heterocycles. The molecule has 23 heavy (non-hydrogen) atoms. The molecule has 0 aliphatic carbocycles. The number of carbonyl (C=O) groups is 1. The molecule has 0 aliphatic rings. The predicted octanol–water partition coefficient (Wildman–Crippen LogP) is 3.24. The van der Waals surface area contributed by atoms with Gasteiger partial charge in [0.05, 0.1) is 0 Å². The van der Waals surface area contributed by atoms with Gasteiger partial charge in [-0.15, -0.1) is 0 Å². The van der Waals surface area contributed by atoms with Crippen LogP contribution in [-0.2, 0) is 9.53 Å². The van der Waals surface area contributed by atoms with Crippen LogP contribution in [0.3, 0.4) is 0 Å². The third kappa shape index (κ3) is 5.33. The van der Waals surface area contributed by atoms with E-state index in [9.17, 15) is 4.79 Å². The second-order valence-electron chi connectivity index (χ2n) is 4.82. The fourth-order valence-corrected chi connectivity index (χ4v) is 4.68. The van der Waals surface area contributed by atoms with Crippen molar-refractivity contribution in [3.8, 4) is 17.2 Å². The number of benzene rings is 1. The maximum absolute atomic E-state index is 12.4. The summed E-state index contributed by atoms with van der Waals surface area (Å²) >= 11 is 0.118. The normalized spacial score (nSPS) is 11.7. The molecule has 0 radical (unpaired) electrons. The third-order valence-electron chi connectivity index (χ3n) is 3.27. The van der Waals surface area contributed by atoms with Crippen molar-refractivity contribution in [3.63, 3.8) is 0 Å². The molecule has 1 rings (SSSR count). The average molecular weight is 389 g/mol. The number of methoxy groups -OCH3 is 3. The number of hydrogen-bond acceptors (Lipinski definition) is 5. The van der Waals surface area contributed by atoms with E-state index in [2.05, 4.69) is 6.92 Å². The Morgan fingerprint density at radius 3 is 2.13 bits per heavy atom. The van der Waals surface area contributed by atoms with Crippen LogP contribution in [0.25, 0.3) is 0 Å². The minimum atomic E-state index is -0.261. The second-order valence-corrected chi connectivity index (χ2v) is 7.36. The van der Waals surface area contributed by atoms with E-state index in [1.54, 1.807) is 21.3 Å². The van der Waals surface area contributed by atoms with E-state index in [1.165, 1.54) is 0 Å². The molecule has 0 heterocycles. The van der Waals surface area contributed by atoms with Gasteiger partial charge in [0.25, 0.3) is 0 Å². The zero-order valence-corrected chi connectivity index (χ0v) is 16.2. The number of carbonyl (C=O) groups excluding carboxylic acids is 1. The first-order chi connectivity index (χ1) is 11.1. The van der Waals surface area contributed by atoms with Gasteiger partial charge in [-0.05, 0) is 0 Å². The van der Waals surface area contributed by atoms with Crippen molar-refractivity contribution in [2.24, 2.45) is 0 Å². The quantitative estimate of drug-likeness (QED) is 0.349. The summed E-state index contributed by atoms with van der Waals surface area (Å²) in [5.74, 6) is 1.46. The molecule has 1 aromatic rings. The summed E-state index contributed by atoms with van der Waals surface area (Å²) in [6.45, 7) is 4.35. The van der Waals surface area contributed by atoms with Gasteiger partial charge in [-0.3, -0.25) is 0 Å². The molecular formula is C17H26O5Se. The van der Waals surface area contributed by atoms with Crippen LogP contribution in [0.4, 0.5) is 0 Å². The van der Waals surface area contributed by atoms with Gasteiger partial charge in [-0.25, -0.2) is 0 Å². The molecule has 5 nitrogen and oxygen atoms in total. The van der Waals surface area contributed by atoms with Crippen LogP contribution in [0.15, 0.2) is 12.1 Å². The topological polar surface area (TPSA) is 54.0 Å². The van der Waals surface area contributed by atoms with Crippen molar-refractivity contribution >= 4 is 20.9 Å². The molecule has 0 bridgehead atoms. The van der Waals surface area contributed by atoms with Crippen LogP contribution in [0, 0.1) is 0 Å². The summed E-state index contributed by atoms with van der Waals surface area (Å²) in [6, 6.07) is 3.69. The fourth-order valence-electron chi connectivity index (χ4n) is 2.12. The molecule has 1 aromatic carbocycles. The molecule has 1 atom stereocenters. The molecule has 0 spiro atoms. The molecule has 130 valence electrons. The second kappa shape index (κ2) is 10.4. The Morgan fingerprint density at radius 2 is 1.70 bits per heavy atom. The zero-order chi connectivity index (χ0) is 17.2. The Labute approximate surface area is 144 Å². The molecular weight excluding hydrogens is 363 g/mol. The average Bonchev–Trinajstić information content (AvgIpc) is 2.57. The summed E-state index contributed by atoms with van der Waals surface area (Å²) in [5, 5.41) is 1.03. The Hall–Kier alpha value is -1.39. The summed E-state index contributed by atoms with van der Waals surface area (Å²) in [5.41, 5.74) is 0.856. The first-order valence-electron chi connectivity index (χ1n) is 7.70. The third-order valence-corrected chi connectivity index (χ3v) is 6.05. The summed E-state index contributed by atoms with van der Waals surface area (Å²) in [7, 11) is 4.71. The number of ether oxygens (including phenoxy) is 4. The summed E-state index contributed by atoms with van der Waals surface area (Å²) in [4.78, 5) is 12.1. The molecule has 0 aromatic heterocycles. The molecule has 0 saturated carbocycles. The van der Waals surface area contributed by atoms with E-state index in [0.29, 0.717) is 23.9 Å². The molecule has 0 N–H and O–H groups in total. The molecule has 0 saturated heterocycles. The van der Waals surface area contributed by atoms with E-state index in [0.717, 1.165) is 23.7 Å². The predicted molar refractivity (Wildman–Crippen MR) is 90.9 cm³/mol. The van der Waals surface area contributed by atoms with E-state index < -0.39 is 0 Å². The molecule has 0 fully saturated rings. The van der Waals surface area contributed by atoms with Gasteiger partial charge in [0.2, 0.25) is 0 Å². The zero-order valence-electron chi connectivity index (χ0n) is 14.5. The van der Waals surface area contributed by atoms with Gasteiger partial charge in [0, 0.05) is 0 Å². The Balaban J connectivity index is 3.20. The van der Waals surface area contributed by atoms with Crippen LogP contribution < -0.4 is 14.2 Å². The number of esters is 1. The van der Waals surface area contributed by atoms with Gasteiger partial charge in [-0.2, -0.15) is 0 Å². The van der Waals surface area contributed by atoms with Crippen molar-refractivity contribution in [2.45, 2.75) is 36.8 Å². The number of unbranched alkanes of at least 4 members (excludes halogenated alkanes) is 1. The first-order valence-corrected chi connectivity index (χ1v) is 9.91. The van der Waals surface area contributed by atoms with Crippen molar-refractivity contribution in [3.05, 3.63) is 17.7 Å². The summed E-state index contributed by atoms with van der Waals surface area (Å²) < 4.78 is 21.4. The van der Waals surface area contributed by atoms with Gasteiger partial charge >= 0.3 is 144 Å². The van der Waals surface area contributed by atoms with E-state index in [-0.39, 0.29) is 25.7 Å². The van der Waals surface area contributed by atoms with Crippen LogP contribution in [0.1, 0.15) is 37.1 Å². The fraction of sp³-hybridized carbons (Fsp3) is 0.588. The number of rotatable bonds is 10. The van der Waals surface area contributed by atoms with Crippen LogP contribution >= 0.6 is 0 Å². The molecule has 6 heteroatoms. The number of hydrogen-bond donors (Lipinski definition) is 0. The standard InChI is InChI=1S/C17H26O5Se/c1-6-8-9-23-16(17(18)22-7-2)12-10-13(19-3)15(21-5)14(11-12)20-4/h10-11,16H,6-9H2,1-5H3. The summed E-state index contributed by atoms with van der Waals surface area (Å²) in [6.07, 6.45) is 2.23. The van der Waals surface area contributed by atoms with E-state index in [1.807, 2.05) is 19.1 Å². The van der Waals surface area contributed by atoms with Crippen LogP contribution in [-0.4, -0.2) is 48.9 Å². The van der Waals surface area contributed by atoms with Gasteiger partial charge in [-0.1, -0.05) is 0 Å². The van der Waals surface area contributed by atoms with Gasteiger partial charge in [0.1, 0.15) is 0 Å². The van der Waals surface area contributed by atoms with Crippen molar-refractivity contribution in [2.75, 3.05) is 27.9 Å². The van der Waals surface area contributed by atoms with E-state index in [4.69, 9.17) is 18.9 Å². The van der Waals surface area contributed by atoms with E-state index >= 15 is 0 Å². The van der Waals surface area contributed by atoms with Crippen molar-refractivity contribution in [1.82, 2.24) is 0 Å². The van der Waals surface area contributed by atoms with Gasteiger partial charge in [0.15, 0.2) is 0 Å². The SMILES string of the molecule is CCCC[Se]C(C(=O)OCC)c1cc(OC)c(OC)c(OC)c1. The van der Waals surface area contributed by atoms with Crippen molar-refractivity contribution in [1.29, 1.82) is 0 Å². The Morgan fingerprint density at radius 1 is 1.09 bits per heavy atom. The monoisotopic (exact) mass is 390 g/mol. The first kappa shape index (κ1) is 19.7. The van der Waals surface area contributed by atoms with Crippen molar-refractivity contribution < 1.29 is 23.7 Å². The Bertz CT molecular complexity index is 479. The molecule has 1 unspecified atom stereocenters. The minimum absolute atomic E-state index is 0.118. The molecule has 0 amide bonds. The Kier molecular flexibility index (Phi) is 8.88.